The van der Waals surface area contributed by atoms with E-state index < -0.39 is 0 Å². The largest absolute Gasteiger partial charge is 0.319 e. The van der Waals surface area contributed by atoms with Crippen molar-refractivity contribution in [1.82, 2.24) is 14.9 Å². The normalized spacial score (nSPS) is 10.4. The number of rotatable bonds is 3. The molecule has 0 saturated heterocycles. The van der Waals surface area contributed by atoms with E-state index in [0.29, 0.717) is 0 Å². The Kier molecular flexibility index (Phi) is 2.49. The van der Waals surface area contributed by atoms with Crippen molar-refractivity contribution in [2.24, 2.45) is 0 Å². The maximum absolute atomic E-state index is 3.72. The minimum absolute atomic E-state index is 0.814. The summed E-state index contributed by atoms with van der Waals surface area (Å²) in [6.07, 6.45) is 3.29. The van der Waals surface area contributed by atoms with Crippen molar-refractivity contribution in [3.8, 4) is 0 Å². The number of nitrogens with zero attached hydrogens (tertiary/aromatic N) is 3. The predicted octanol–water partition coefficient (Wildman–Crippen LogP) is 1.70. The van der Waals surface area contributed by atoms with Gasteiger partial charge in [0.25, 0.3) is 0 Å². The van der Waals surface area contributed by atoms with Gasteiger partial charge in [-0.1, -0.05) is 0 Å². The molecule has 0 bridgehead atoms. The van der Waals surface area contributed by atoms with Gasteiger partial charge in [0.2, 0.25) is 0 Å². The molecular weight excluding hydrogens is 196 g/mol. The van der Waals surface area contributed by atoms with Gasteiger partial charge in [0.15, 0.2) is 0 Å². The smallest absolute Gasteiger partial charge is 0.138 e. The minimum Gasteiger partial charge on any atom is -0.319 e. The summed E-state index contributed by atoms with van der Waals surface area (Å²) in [5, 5.41) is 7.43. The fraction of sp³-hybridized carbons (Fsp3) is 0.333. The van der Waals surface area contributed by atoms with Gasteiger partial charge in [-0.05, 0) is 25.5 Å². The first-order valence-electron chi connectivity index (χ1n) is 4.40. The van der Waals surface area contributed by atoms with E-state index in [9.17, 15) is 0 Å². The van der Waals surface area contributed by atoms with Gasteiger partial charge >= 0.3 is 0 Å². The summed E-state index contributed by atoms with van der Waals surface area (Å²) in [7, 11) is 0. The van der Waals surface area contributed by atoms with Crippen LogP contribution in [0.1, 0.15) is 15.3 Å². The van der Waals surface area contributed by atoms with Gasteiger partial charge in [-0.3, -0.25) is 0 Å². The van der Waals surface area contributed by atoms with E-state index in [0.717, 1.165) is 6.54 Å². The molecule has 0 aliphatic rings. The molecule has 2 aromatic rings. The fourth-order valence-corrected chi connectivity index (χ4v) is 2.26. The lowest BCUT2D eigenvalue weighted by Crippen LogP contribution is -2.12. The molecule has 0 unspecified atom stereocenters. The first kappa shape index (κ1) is 9.21. The molecule has 2 rings (SSSR count). The number of thiophene rings is 1. The quantitative estimate of drug-likeness (QED) is 0.834. The molecule has 2 heterocycles. The van der Waals surface area contributed by atoms with Crippen LogP contribution in [-0.2, 0) is 6.54 Å². The van der Waals surface area contributed by atoms with Crippen LogP contribution in [-0.4, -0.2) is 14.9 Å². The van der Waals surface area contributed by atoms with E-state index >= 15 is 0 Å². The molecule has 0 aliphatic heterocycles. The fourth-order valence-electron chi connectivity index (χ4n) is 1.32. The molecular formula is C9H12N4S. The second-order valence-electron chi connectivity index (χ2n) is 3.14. The second-order valence-corrected chi connectivity index (χ2v) is 4.60. The highest BCUT2D eigenvalue weighted by Gasteiger charge is 2.01. The van der Waals surface area contributed by atoms with E-state index in [1.54, 1.807) is 17.3 Å². The maximum Gasteiger partial charge on any atom is 0.138 e. The van der Waals surface area contributed by atoms with Gasteiger partial charge in [-0.15, -0.1) is 21.5 Å². The molecule has 5 heteroatoms. The zero-order valence-electron chi connectivity index (χ0n) is 8.19. The van der Waals surface area contributed by atoms with Gasteiger partial charge < -0.3 is 5.43 Å². The molecule has 4 nitrogen and oxygen atoms in total. The Labute approximate surface area is 86.6 Å². The van der Waals surface area contributed by atoms with Crippen LogP contribution in [0.5, 0.6) is 0 Å². The van der Waals surface area contributed by atoms with Crippen LogP contribution in [0.25, 0.3) is 0 Å². The highest BCUT2D eigenvalue weighted by Crippen LogP contribution is 2.20. The highest BCUT2D eigenvalue weighted by molar-refractivity contribution is 7.12. The first-order valence-corrected chi connectivity index (χ1v) is 5.22. The van der Waals surface area contributed by atoms with Gasteiger partial charge in [0.05, 0.1) is 6.54 Å². The number of nitrogens with one attached hydrogen (secondary N) is 1. The van der Waals surface area contributed by atoms with Crippen LogP contribution in [0, 0.1) is 13.8 Å². The number of aryl methyl sites for hydroxylation is 2. The molecule has 14 heavy (non-hydrogen) atoms. The van der Waals surface area contributed by atoms with Gasteiger partial charge in [0, 0.05) is 9.75 Å². The lowest BCUT2D eigenvalue weighted by molar-refractivity contribution is 0.835. The molecule has 2 aromatic heterocycles. The molecule has 0 aliphatic carbocycles. The summed E-state index contributed by atoms with van der Waals surface area (Å²) >= 11 is 1.83. The summed E-state index contributed by atoms with van der Waals surface area (Å²) < 4.78 is 1.76. The van der Waals surface area contributed by atoms with Crippen molar-refractivity contribution in [2.75, 3.05) is 5.43 Å². The summed E-state index contributed by atoms with van der Waals surface area (Å²) in [6.45, 7) is 5.08. The average Bonchev–Trinajstić information content (AvgIpc) is 2.72. The van der Waals surface area contributed by atoms with Crippen molar-refractivity contribution in [1.29, 1.82) is 0 Å². The zero-order valence-corrected chi connectivity index (χ0v) is 9.01. The van der Waals surface area contributed by atoms with Crippen LogP contribution in [0.2, 0.25) is 0 Å². The van der Waals surface area contributed by atoms with E-state index in [-0.39, 0.29) is 0 Å². The SMILES string of the molecule is Cc1cc(CNn2cnnc2)c(C)s1. The third-order valence-electron chi connectivity index (χ3n) is 2.01. The van der Waals surface area contributed by atoms with Crippen LogP contribution >= 0.6 is 11.3 Å². The van der Waals surface area contributed by atoms with Gasteiger partial charge in [-0.2, -0.15) is 0 Å². The molecule has 1 N–H and O–H groups in total. The third kappa shape index (κ3) is 1.93. The standard InChI is InChI=1S/C9H12N4S/c1-7-3-9(8(2)14-7)4-12-13-5-10-11-6-13/h3,5-6,12H,4H2,1-2H3. The van der Waals surface area contributed by atoms with E-state index in [1.807, 2.05) is 11.3 Å². The van der Waals surface area contributed by atoms with Crippen molar-refractivity contribution in [3.05, 3.63) is 34.0 Å². The summed E-state index contributed by atoms with van der Waals surface area (Å²) in [4.78, 5) is 2.71. The van der Waals surface area contributed by atoms with E-state index in [4.69, 9.17) is 0 Å². The Morgan fingerprint density at radius 2 is 2.07 bits per heavy atom. The molecule has 74 valence electrons. The summed E-state index contributed by atoms with van der Waals surface area (Å²) in [5.41, 5.74) is 4.53. The van der Waals surface area contributed by atoms with Crippen molar-refractivity contribution < 1.29 is 0 Å². The first-order chi connectivity index (χ1) is 6.75. The average molecular weight is 208 g/mol. The molecule has 0 spiro atoms. The predicted molar refractivity (Wildman–Crippen MR) is 56.9 cm³/mol. The monoisotopic (exact) mass is 208 g/mol. The van der Waals surface area contributed by atoms with Gasteiger partial charge in [0.1, 0.15) is 12.7 Å². The third-order valence-corrected chi connectivity index (χ3v) is 3.02. The number of aromatic nitrogens is 3. The van der Waals surface area contributed by atoms with Crippen LogP contribution in [0.4, 0.5) is 0 Å². The molecule has 0 atom stereocenters. The zero-order chi connectivity index (χ0) is 9.97. The second kappa shape index (κ2) is 3.79. The summed E-state index contributed by atoms with van der Waals surface area (Å²) in [6, 6.07) is 2.21. The maximum atomic E-state index is 3.72. The molecule has 0 amide bonds. The van der Waals surface area contributed by atoms with E-state index in [1.165, 1.54) is 15.3 Å². The molecule has 0 radical (unpaired) electrons. The van der Waals surface area contributed by atoms with Crippen molar-refractivity contribution in [2.45, 2.75) is 20.4 Å². The van der Waals surface area contributed by atoms with E-state index in [2.05, 4.69) is 35.5 Å². The molecule has 0 aromatic carbocycles. The van der Waals surface area contributed by atoms with Gasteiger partial charge in [-0.25, -0.2) is 4.68 Å². The lowest BCUT2D eigenvalue weighted by Gasteiger charge is -2.04. The Hall–Kier alpha value is -1.36. The topological polar surface area (TPSA) is 42.7 Å². The Morgan fingerprint density at radius 1 is 1.36 bits per heavy atom. The Balaban J connectivity index is 2.01. The van der Waals surface area contributed by atoms with Crippen molar-refractivity contribution >= 4 is 11.3 Å². The van der Waals surface area contributed by atoms with Crippen molar-refractivity contribution in [3.63, 3.8) is 0 Å². The Morgan fingerprint density at radius 3 is 2.64 bits per heavy atom. The molecule has 0 fully saturated rings. The Bertz CT molecular complexity index is 404. The minimum atomic E-state index is 0.814. The molecule has 0 saturated carbocycles. The van der Waals surface area contributed by atoms with Crippen LogP contribution in [0.15, 0.2) is 18.7 Å². The summed E-state index contributed by atoms with van der Waals surface area (Å²) in [5.74, 6) is 0. The number of hydrogen-bond acceptors (Lipinski definition) is 4. The highest BCUT2D eigenvalue weighted by atomic mass is 32.1. The van der Waals surface area contributed by atoms with Crippen LogP contribution in [0.3, 0.4) is 0 Å². The lowest BCUT2D eigenvalue weighted by atomic mass is 10.2. The number of hydrogen-bond donors (Lipinski definition) is 1. The van der Waals surface area contributed by atoms with Crippen LogP contribution < -0.4 is 5.43 Å².